The SMILES string of the molecule is CO/N=C(\N)c1cc(F)c(CNC(=O)[C@@H]2CCN2C(=O)C(O)c2cc(Cl)cc(OC(F)F)c2)cc1F. The van der Waals surface area contributed by atoms with Crippen molar-refractivity contribution < 1.29 is 41.8 Å². The number of halogens is 5. The summed E-state index contributed by atoms with van der Waals surface area (Å²) in [6, 6.07) is 3.97. The summed E-state index contributed by atoms with van der Waals surface area (Å²) in [7, 11) is 1.19. The van der Waals surface area contributed by atoms with Gasteiger partial charge < -0.3 is 30.6 Å². The number of amides is 2. The van der Waals surface area contributed by atoms with Crippen molar-refractivity contribution in [3.05, 3.63) is 63.7 Å². The van der Waals surface area contributed by atoms with E-state index < -0.39 is 48.8 Å². The highest BCUT2D eigenvalue weighted by atomic mass is 35.5. The number of aliphatic hydroxyl groups is 1. The number of likely N-dealkylation sites (tertiary alicyclic amines) is 1. The number of benzene rings is 2. The molecule has 1 fully saturated rings. The molecule has 14 heteroatoms. The second-order valence-electron chi connectivity index (χ2n) is 7.64. The number of nitrogens with one attached hydrogen (secondary N) is 1. The molecule has 2 amide bonds. The molecule has 4 N–H and O–H groups in total. The summed E-state index contributed by atoms with van der Waals surface area (Å²) in [6.07, 6.45) is -1.56. The number of nitrogens with zero attached hydrogens (tertiary/aromatic N) is 2. The fourth-order valence-electron chi connectivity index (χ4n) is 3.50. The van der Waals surface area contributed by atoms with Gasteiger partial charge in [-0.2, -0.15) is 8.78 Å². The molecular formula is C22H21ClF4N4O5. The maximum atomic E-state index is 14.4. The van der Waals surface area contributed by atoms with Crippen molar-refractivity contribution in [1.82, 2.24) is 10.2 Å². The van der Waals surface area contributed by atoms with Crippen molar-refractivity contribution in [2.75, 3.05) is 13.7 Å². The molecule has 0 aliphatic carbocycles. The fourth-order valence-corrected chi connectivity index (χ4v) is 3.74. The largest absolute Gasteiger partial charge is 0.435 e. The van der Waals surface area contributed by atoms with Crippen molar-refractivity contribution in [3.8, 4) is 5.75 Å². The van der Waals surface area contributed by atoms with Crippen molar-refractivity contribution in [3.63, 3.8) is 0 Å². The van der Waals surface area contributed by atoms with Gasteiger partial charge in [-0.05, 0) is 42.3 Å². The smallest absolute Gasteiger partial charge is 0.387 e. The first-order valence-corrected chi connectivity index (χ1v) is 10.8. The number of rotatable bonds is 9. The minimum Gasteiger partial charge on any atom is -0.435 e. The minimum atomic E-state index is -3.14. The van der Waals surface area contributed by atoms with E-state index in [2.05, 4.69) is 20.0 Å². The van der Waals surface area contributed by atoms with Crippen LogP contribution >= 0.6 is 11.6 Å². The van der Waals surface area contributed by atoms with Crippen LogP contribution in [0.3, 0.4) is 0 Å². The Hall–Kier alpha value is -3.58. The minimum absolute atomic E-state index is 0.0524. The molecular weight excluding hydrogens is 512 g/mol. The van der Waals surface area contributed by atoms with Gasteiger partial charge in [0.2, 0.25) is 5.91 Å². The van der Waals surface area contributed by atoms with E-state index >= 15 is 0 Å². The molecule has 1 saturated heterocycles. The molecule has 3 rings (SSSR count). The molecule has 0 aromatic heterocycles. The molecule has 0 spiro atoms. The number of hydrogen-bond donors (Lipinski definition) is 3. The molecule has 2 aromatic rings. The number of alkyl halides is 2. The van der Waals surface area contributed by atoms with Gasteiger partial charge in [0.1, 0.15) is 30.5 Å². The average Bonchev–Trinajstić information content (AvgIpc) is 2.77. The summed E-state index contributed by atoms with van der Waals surface area (Å²) in [6.45, 7) is -3.41. The van der Waals surface area contributed by atoms with Crippen LogP contribution in [0.4, 0.5) is 17.6 Å². The van der Waals surface area contributed by atoms with Gasteiger partial charge in [0.25, 0.3) is 5.91 Å². The Morgan fingerprint density at radius 2 is 1.97 bits per heavy atom. The number of carbonyl (C=O) groups excluding carboxylic acids is 2. The highest BCUT2D eigenvalue weighted by Gasteiger charge is 2.40. The summed E-state index contributed by atoms with van der Waals surface area (Å²) in [5.41, 5.74) is 4.89. The number of hydrogen-bond acceptors (Lipinski definition) is 6. The Labute approximate surface area is 207 Å². The van der Waals surface area contributed by atoms with Crippen LogP contribution in [0.25, 0.3) is 0 Å². The molecule has 1 heterocycles. The lowest BCUT2D eigenvalue weighted by atomic mass is 9.98. The summed E-state index contributed by atoms with van der Waals surface area (Å²) >= 11 is 5.85. The van der Waals surface area contributed by atoms with Gasteiger partial charge in [0, 0.05) is 23.7 Å². The number of aliphatic hydroxyl groups excluding tert-OH is 1. The van der Waals surface area contributed by atoms with Crippen molar-refractivity contribution >= 4 is 29.3 Å². The van der Waals surface area contributed by atoms with Crippen molar-refractivity contribution in [2.24, 2.45) is 10.9 Å². The lowest BCUT2D eigenvalue weighted by Crippen LogP contribution is -2.59. The van der Waals surface area contributed by atoms with Gasteiger partial charge in [-0.15, -0.1) is 0 Å². The topological polar surface area (TPSA) is 126 Å². The highest BCUT2D eigenvalue weighted by molar-refractivity contribution is 6.30. The summed E-state index contributed by atoms with van der Waals surface area (Å²) in [5.74, 6) is -4.02. The number of oxime groups is 1. The first-order chi connectivity index (χ1) is 17.0. The monoisotopic (exact) mass is 532 g/mol. The van der Waals surface area contributed by atoms with Crippen LogP contribution in [0.2, 0.25) is 5.02 Å². The molecule has 1 unspecified atom stereocenters. The summed E-state index contributed by atoms with van der Waals surface area (Å²) < 4.78 is 57.9. The molecule has 1 aliphatic heterocycles. The van der Waals surface area contributed by atoms with E-state index in [0.717, 1.165) is 29.2 Å². The number of amidine groups is 1. The maximum Gasteiger partial charge on any atom is 0.387 e. The summed E-state index contributed by atoms with van der Waals surface area (Å²) in [4.78, 5) is 30.8. The number of carbonyl (C=O) groups is 2. The van der Waals surface area contributed by atoms with Gasteiger partial charge in [-0.3, -0.25) is 9.59 Å². The van der Waals surface area contributed by atoms with E-state index in [-0.39, 0.29) is 46.3 Å². The van der Waals surface area contributed by atoms with Crippen molar-refractivity contribution in [1.29, 1.82) is 0 Å². The second kappa shape index (κ2) is 11.4. The average molecular weight is 533 g/mol. The van der Waals surface area contributed by atoms with E-state index in [9.17, 15) is 32.3 Å². The fraction of sp³-hybridized carbons (Fsp3) is 0.318. The van der Waals surface area contributed by atoms with Crippen LogP contribution in [-0.2, 0) is 21.0 Å². The van der Waals surface area contributed by atoms with Gasteiger partial charge in [0.05, 0.1) is 5.56 Å². The molecule has 2 atom stereocenters. The van der Waals surface area contributed by atoms with Crippen LogP contribution in [0.1, 0.15) is 29.2 Å². The Bertz CT molecular complexity index is 1180. The number of nitrogens with two attached hydrogens (primary N) is 1. The molecule has 2 aromatic carbocycles. The van der Waals surface area contributed by atoms with E-state index in [1.807, 2.05) is 0 Å². The first-order valence-electron chi connectivity index (χ1n) is 10.4. The lowest BCUT2D eigenvalue weighted by molar-refractivity contribution is -0.154. The zero-order valence-electron chi connectivity index (χ0n) is 18.7. The quantitative estimate of drug-likeness (QED) is 0.197. The Morgan fingerprint density at radius 3 is 2.58 bits per heavy atom. The third-order valence-corrected chi connectivity index (χ3v) is 5.55. The third-order valence-electron chi connectivity index (χ3n) is 5.33. The molecule has 0 saturated carbocycles. The predicted molar refractivity (Wildman–Crippen MR) is 119 cm³/mol. The van der Waals surface area contributed by atoms with Gasteiger partial charge in [-0.1, -0.05) is 16.8 Å². The standard InChI is InChI=1S/C22H21ClF4N4O5/c1-35-30-19(28)14-8-15(24)11(6-16(14)25)9-29-20(33)17-2-3-31(17)21(34)18(32)10-4-12(23)7-13(5-10)36-22(26)27/h4-8,17-18,22,32H,2-3,9H2,1H3,(H2,28,30)(H,29,33)/t17-,18?/m0/s1. The number of ether oxygens (including phenoxy) is 1. The maximum absolute atomic E-state index is 14.4. The Balaban J connectivity index is 1.65. The first kappa shape index (κ1) is 27.0. The van der Waals surface area contributed by atoms with E-state index in [1.54, 1.807) is 0 Å². The van der Waals surface area contributed by atoms with Gasteiger partial charge >= 0.3 is 6.61 Å². The zero-order valence-corrected chi connectivity index (χ0v) is 19.4. The zero-order chi connectivity index (χ0) is 26.6. The summed E-state index contributed by atoms with van der Waals surface area (Å²) in [5, 5.41) is 16.1. The van der Waals surface area contributed by atoms with E-state index in [4.69, 9.17) is 17.3 Å². The van der Waals surface area contributed by atoms with E-state index in [0.29, 0.717) is 0 Å². The highest BCUT2D eigenvalue weighted by Crippen LogP contribution is 2.29. The Kier molecular flexibility index (Phi) is 8.58. The van der Waals surface area contributed by atoms with Gasteiger partial charge in [0.15, 0.2) is 11.9 Å². The van der Waals surface area contributed by atoms with E-state index in [1.165, 1.54) is 13.2 Å². The van der Waals surface area contributed by atoms with Crippen LogP contribution in [0.15, 0.2) is 35.5 Å². The van der Waals surface area contributed by atoms with Crippen molar-refractivity contribution in [2.45, 2.75) is 31.7 Å². The van der Waals surface area contributed by atoms with Crippen LogP contribution < -0.4 is 15.8 Å². The van der Waals surface area contributed by atoms with Crippen LogP contribution in [-0.4, -0.2) is 54.0 Å². The molecule has 0 radical (unpaired) electrons. The van der Waals surface area contributed by atoms with Crippen LogP contribution in [0, 0.1) is 11.6 Å². The molecule has 194 valence electrons. The molecule has 9 nitrogen and oxygen atoms in total. The molecule has 0 bridgehead atoms. The normalized spacial score (nSPS) is 16.4. The predicted octanol–water partition coefficient (Wildman–Crippen LogP) is 2.44. The second-order valence-corrected chi connectivity index (χ2v) is 8.07. The Morgan fingerprint density at radius 1 is 1.25 bits per heavy atom. The third kappa shape index (κ3) is 6.15. The molecule has 36 heavy (non-hydrogen) atoms. The van der Waals surface area contributed by atoms with Crippen LogP contribution in [0.5, 0.6) is 5.75 Å². The molecule has 1 aliphatic rings. The van der Waals surface area contributed by atoms with Gasteiger partial charge in [-0.25, -0.2) is 8.78 Å². The lowest BCUT2D eigenvalue weighted by Gasteiger charge is -2.40.